The van der Waals surface area contributed by atoms with Gasteiger partial charge in [-0.15, -0.1) is 0 Å². The average molecular weight is 332 g/mol. The molecule has 2 nitrogen and oxygen atoms in total. The Balaban J connectivity index is 2.06. The highest BCUT2D eigenvalue weighted by molar-refractivity contribution is 9.10. The molecule has 0 aromatic heterocycles. The minimum absolute atomic E-state index is 0.0753. The fourth-order valence-corrected chi connectivity index (χ4v) is 3.53. The highest BCUT2D eigenvalue weighted by Crippen LogP contribution is 2.38. The summed E-state index contributed by atoms with van der Waals surface area (Å²) >= 11 is 3.64. The molecule has 2 aromatic rings. The summed E-state index contributed by atoms with van der Waals surface area (Å²) in [4.78, 5) is 2.37. The molecule has 104 valence electrons. The van der Waals surface area contributed by atoms with Crippen LogP contribution in [-0.2, 0) is 13.0 Å². The third-order valence-electron chi connectivity index (χ3n) is 3.83. The predicted octanol–water partition coefficient (Wildman–Crippen LogP) is 4.27. The Labute approximate surface area is 128 Å². The van der Waals surface area contributed by atoms with Gasteiger partial charge in [0, 0.05) is 16.7 Å². The Morgan fingerprint density at radius 3 is 2.75 bits per heavy atom. The van der Waals surface area contributed by atoms with Crippen LogP contribution in [0.25, 0.3) is 0 Å². The number of anilines is 2. The molecule has 0 aliphatic carbocycles. The molecule has 1 heterocycles. The number of aliphatic hydroxyl groups excluding tert-OH is 1. The highest BCUT2D eigenvalue weighted by Gasteiger charge is 2.23. The second-order valence-corrected chi connectivity index (χ2v) is 6.35. The summed E-state index contributed by atoms with van der Waals surface area (Å²) in [7, 11) is 0. The van der Waals surface area contributed by atoms with Crippen LogP contribution >= 0.6 is 15.9 Å². The largest absolute Gasteiger partial charge is 0.392 e. The van der Waals surface area contributed by atoms with E-state index >= 15 is 0 Å². The summed E-state index contributed by atoms with van der Waals surface area (Å²) in [6, 6.07) is 14.7. The summed E-state index contributed by atoms with van der Waals surface area (Å²) in [6.45, 7) is 3.39. The molecule has 0 saturated carbocycles. The quantitative estimate of drug-likeness (QED) is 0.888. The van der Waals surface area contributed by atoms with E-state index in [9.17, 15) is 5.11 Å². The van der Waals surface area contributed by atoms with Crippen molar-refractivity contribution in [2.24, 2.45) is 5.92 Å². The van der Waals surface area contributed by atoms with Crippen LogP contribution in [0.3, 0.4) is 0 Å². The van der Waals surface area contributed by atoms with E-state index in [-0.39, 0.29) is 6.61 Å². The molecular weight excluding hydrogens is 314 g/mol. The van der Waals surface area contributed by atoms with Gasteiger partial charge in [0.05, 0.1) is 12.3 Å². The fraction of sp³-hybridized carbons (Fsp3) is 0.294. The van der Waals surface area contributed by atoms with Crippen LogP contribution in [0.4, 0.5) is 11.4 Å². The number of rotatable bonds is 2. The Morgan fingerprint density at radius 1 is 1.20 bits per heavy atom. The van der Waals surface area contributed by atoms with Crippen molar-refractivity contribution in [1.29, 1.82) is 0 Å². The Kier molecular flexibility index (Phi) is 3.81. The molecule has 3 heteroatoms. The zero-order valence-electron chi connectivity index (χ0n) is 11.5. The molecule has 0 amide bonds. The van der Waals surface area contributed by atoms with Gasteiger partial charge in [0.25, 0.3) is 0 Å². The summed E-state index contributed by atoms with van der Waals surface area (Å²) in [5.41, 5.74) is 4.80. The van der Waals surface area contributed by atoms with Gasteiger partial charge < -0.3 is 10.0 Å². The van der Waals surface area contributed by atoms with Crippen molar-refractivity contribution >= 4 is 27.3 Å². The maximum atomic E-state index is 9.23. The predicted molar refractivity (Wildman–Crippen MR) is 86.4 cm³/mol. The smallest absolute Gasteiger partial charge is 0.0682 e. The molecule has 0 bridgehead atoms. The molecule has 0 radical (unpaired) electrons. The van der Waals surface area contributed by atoms with E-state index in [2.05, 4.69) is 58.1 Å². The third-order valence-corrected chi connectivity index (χ3v) is 4.47. The minimum atomic E-state index is 0.0753. The number of para-hydroxylation sites is 1. The van der Waals surface area contributed by atoms with Crippen molar-refractivity contribution in [2.45, 2.75) is 20.0 Å². The second kappa shape index (κ2) is 5.58. The first-order valence-corrected chi connectivity index (χ1v) is 7.73. The summed E-state index contributed by atoms with van der Waals surface area (Å²) in [5.74, 6) is 0.634. The van der Waals surface area contributed by atoms with Gasteiger partial charge in [0.2, 0.25) is 0 Å². The Hall–Kier alpha value is -1.32. The van der Waals surface area contributed by atoms with Crippen LogP contribution < -0.4 is 4.90 Å². The summed E-state index contributed by atoms with van der Waals surface area (Å²) < 4.78 is 1.04. The van der Waals surface area contributed by atoms with Gasteiger partial charge in [-0.2, -0.15) is 0 Å². The monoisotopic (exact) mass is 331 g/mol. The maximum Gasteiger partial charge on any atom is 0.0682 e. The molecular formula is C17H18BrNO. The van der Waals surface area contributed by atoms with Crippen molar-refractivity contribution in [3.63, 3.8) is 0 Å². The first-order chi connectivity index (χ1) is 9.69. The lowest BCUT2D eigenvalue weighted by Gasteiger charge is -2.35. The zero-order chi connectivity index (χ0) is 14.1. The van der Waals surface area contributed by atoms with Crippen molar-refractivity contribution in [3.05, 3.63) is 58.1 Å². The van der Waals surface area contributed by atoms with E-state index < -0.39 is 0 Å². The van der Waals surface area contributed by atoms with Crippen LogP contribution in [0.5, 0.6) is 0 Å². The zero-order valence-corrected chi connectivity index (χ0v) is 13.1. The lowest BCUT2D eigenvalue weighted by molar-refractivity contribution is 0.282. The van der Waals surface area contributed by atoms with E-state index in [1.165, 1.54) is 16.9 Å². The standard InChI is InChI=1S/C17H18BrNO/c1-12-8-14-4-2-3-5-16(14)19(10-12)17-7-6-13(11-20)9-15(17)18/h2-7,9,12,20H,8,10-11H2,1H3. The van der Waals surface area contributed by atoms with E-state index in [4.69, 9.17) is 0 Å². The van der Waals surface area contributed by atoms with E-state index in [1.54, 1.807) is 0 Å². The second-order valence-electron chi connectivity index (χ2n) is 5.49. The molecule has 1 aliphatic heterocycles. The molecule has 3 rings (SSSR count). The normalized spacial score (nSPS) is 17.9. The van der Waals surface area contributed by atoms with E-state index in [1.807, 2.05) is 12.1 Å². The van der Waals surface area contributed by atoms with Gasteiger partial charge in [-0.05, 0) is 57.6 Å². The lowest BCUT2D eigenvalue weighted by Crippen LogP contribution is -2.30. The highest BCUT2D eigenvalue weighted by atomic mass is 79.9. The van der Waals surface area contributed by atoms with Crippen molar-refractivity contribution in [1.82, 2.24) is 0 Å². The number of fused-ring (bicyclic) bond motifs is 1. The number of hydrogen-bond acceptors (Lipinski definition) is 2. The number of hydrogen-bond donors (Lipinski definition) is 1. The maximum absolute atomic E-state index is 9.23. The van der Waals surface area contributed by atoms with E-state index in [0.717, 1.165) is 23.0 Å². The first-order valence-electron chi connectivity index (χ1n) is 6.93. The van der Waals surface area contributed by atoms with Crippen LogP contribution in [0.2, 0.25) is 0 Å². The number of nitrogens with zero attached hydrogens (tertiary/aromatic N) is 1. The third kappa shape index (κ3) is 2.48. The van der Waals surface area contributed by atoms with Gasteiger partial charge >= 0.3 is 0 Å². The molecule has 0 spiro atoms. The average Bonchev–Trinajstić information content (AvgIpc) is 2.46. The molecule has 2 aromatic carbocycles. The summed E-state index contributed by atoms with van der Waals surface area (Å²) in [5, 5.41) is 9.23. The number of aliphatic hydroxyl groups is 1. The van der Waals surface area contributed by atoms with Crippen molar-refractivity contribution in [3.8, 4) is 0 Å². The van der Waals surface area contributed by atoms with Gasteiger partial charge in [0.15, 0.2) is 0 Å². The van der Waals surface area contributed by atoms with Gasteiger partial charge in [-0.25, -0.2) is 0 Å². The first kappa shape index (κ1) is 13.7. The SMILES string of the molecule is CC1Cc2ccccc2N(c2ccc(CO)cc2Br)C1. The molecule has 0 fully saturated rings. The molecule has 1 N–H and O–H groups in total. The van der Waals surface area contributed by atoms with Crippen molar-refractivity contribution in [2.75, 3.05) is 11.4 Å². The van der Waals surface area contributed by atoms with Gasteiger partial charge in [-0.3, -0.25) is 0 Å². The topological polar surface area (TPSA) is 23.5 Å². The van der Waals surface area contributed by atoms with Gasteiger partial charge in [-0.1, -0.05) is 31.2 Å². The number of halogens is 1. The Morgan fingerprint density at radius 2 is 2.00 bits per heavy atom. The molecule has 1 atom stereocenters. The van der Waals surface area contributed by atoms with E-state index in [0.29, 0.717) is 5.92 Å². The molecule has 1 aliphatic rings. The van der Waals surface area contributed by atoms with Crippen LogP contribution in [0.15, 0.2) is 46.9 Å². The van der Waals surface area contributed by atoms with Crippen LogP contribution in [-0.4, -0.2) is 11.7 Å². The lowest BCUT2D eigenvalue weighted by atomic mass is 9.93. The minimum Gasteiger partial charge on any atom is -0.392 e. The van der Waals surface area contributed by atoms with Crippen LogP contribution in [0.1, 0.15) is 18.1 Å². The number of benzene rings is 2. The molecule has 0 saturated heterocycles. The summed E-state index contributed by atoms with van der Waals surface area (Å²) in [6.07, 6.45) is 1.14. The molecule has 1 unspecified atom stereocenters. The van der Waals surface area contributed by atoms with Gasteiger partial charge in [0.1, 0.15) is 0 Å². The molecule has 20 heavy (non-hydrogen) atoms. The van der Waals surface area contributed by atoms with Crippen molar-refractivity contribution < 1.29 is 5.11 Å². The Bertz CT molecular complexity index is 626. The fourth-order valence-electron chi connectivity index (χ4n) is 2.89. The van der Waals surface area contributed by atoms with Crippen LogP contribution in [0, 0.1) is 5.92 Å².